The molecule has 1 aliphatic rings. The maximum Gasteiger partial charge on any atom is 0.0959 e. The molecule has 0 spiro atoms. The third kappa shape index (κ3) is 2.79. The molecule has 0 aliphatic heterocycles. The first-order chi connectivity index (χ1) is 7.29. The van der Waals surface area contributed by atoms with Crippen molar-refractivity contribution in [3.8, 4) is 0 Å². The molecule has 1 aromatic heterocycles. The Balaban J connectivity index is 1.96. The molecule has 0 bridgehead atoms. The van der Waals surface area contributed by atoms with Gasteiger partial charge in [0.15, 0.2) is 0 Å². The van der Waals surface area contributed by atoms with Crippen LogP contribution in [0.4, 0.5) is 0 Å². The van der Waals surface area contributed by atoms with Crippen LogP contribution in [-0.4, -0.2) is 12.0 Å². The summed E-state index contributed by atoms with van der Waals surface area (Å²) >= 11 is 1.85. The van der Waals surface area contributed by atoms with Gasteiger partial charge < -0.3 is 5.32 Å². The molecule has 84 valence electrons. The number of rotatable bonds is 3. The Labute approximate surface area is 96.1 Å². The zero-order valence-electron chi connectivity index (χ0n) is 9.62. The molecule has 1 aromatic rings. The first kappa shape index (κ1) is 11.1. The van der Waals surface area contributed by atoms with Crippen LogP contribution in [0.2, 0.25) is 0 Å². The number of nitrogens with one attached hydrogen (secondary N) is 1. The molecule has 0 amide bonds. The molecule has 0 aromatic carbocycles. The molecular weight excluding hydrogens is 204 g/mol. The molecule has 1 N–H and O–H groups in total. The van der Waals surface area contributed by atoms with Gasteiger partial charge in [-0.15, -0.1) is 11.3 Å². The van der Waals surface area contributed by atoms with Crippen molar-refractivity contribution in [2.75, 3.05) is 7.05 Å². The smallest absolute Gasteiger partial charge is 0.0959 e. The van der Waals surface area contributed by atoms with Gasteiger partial charge in [-0.05, 0) is 25.8 Å². The second kappa shape index (κ2) is 5.08. The summed E-state index contributed by atoms with van der Waals surface area (Å²) in [7, 11) is 1.97. The van der Waals surface area contributed by atoms with Gasteiger partial charge in [-0.1, -0.05) is 19.8 Å². The lowest BCUT2D eigenvalue weighted by atomic mass is 9.83. The molecule has 2 rings (SSSR count). The Bertz CT molecular complexity index is 300. The fourth-order valence-electron chi connectivity index (χ4n) is 2.28. The quantitative estimate of drug-likeness (QED) is 0.853. The van der Waals surface area contributed by atoms with Gasteiger partial charge in [0.05, 0.1) is 10.7 Å². The van der Waals surface area contributed by atoms with Gasteiger partial charge >= 0.3 is 0 Å². The minimum absolute atomic E-state index is 0.747. The summed E-state index contributed by atoms with van der Waals surface area (Å²) in [6, 6.07) is 0. The van der Waals surface area contributed by atoms with Gasteiger partial charge in [-0.3, -0.25) is 0 Å². The summed E-state index contributed by atoms with van der Waals surface area (Å²) in [5.74, 6) is 1.68. The average molecular weight is 224 g/mol. The van der Waals surface area contributed by atoms with Gasteiger partial charge in [0.1, 0.15) is 0 Å². The number of thiazole rings is 1. The van der Waals surface area contributed by atoms with Crippen LogP contribution in [-0.2, 0) is 6.54 Å². The van der Waals surface area contributed by atoms with Crippen LogP contribution in [0, 0.1) is 5.92 Å². The molecule has 3 heteroatoms. The van der Waals surface area contributed by atoms with E-state index in [4.69, 9.17) is 4.98 Å². The summed E-state index contributed by atoms with van der Waals surface area (Å²) in [6.45, 7) is 3.27. The summed E-state index contributed by atoms with van der Waals surface area (Å²) < 4.78 is 0. The molecule has 0 atom stereocenters. The van der Waals surface area contributed by atoms with Crippen molar-refractivity contribution in [3.63, 3.8) is 0 Å². The Morgan fingerprint density at radius 1 is 1.40 bits per heavy atom. The fourth-order valence-corrected chi connectivity index (χ4v) is 3.27. The topological polar surface area (TPSA) is 24.9 Å². The van der Waals surface area contributed by atoms with E-state index in [9.17, 15) is 0 Å². The predicted octanol–water partition coefficient (Wildman–Crippen LogP) is 3.16. The van der Waals surface area contributed by atoms with E-state index < -0.39 is 0 Å². The van der Waals surface area contributed by atoms with E-state index in [0.717, 1.165) is 18.4 Å². The highest BCUT2D eigenvalue weighted by Crippen LogP contribution is 2.36. The largest absolute Gasteiger partial charge is 0.314 e. The summed E-state index contributed by atoms with van der Waals surface area (Å²) in [6.07, 6.45) is 5.44. The lowest BCUT2D eigenvalue weighted by Gasteiger charge is -2.24. The van der Waals surface area contributed by atoms with Crippen LogP contribution >= 0.6 is 11.3 Å². The minimum Gasteiger partial charge on any atom is -0.314 e. The van der Waals surface area contributed by atoms with Gasteiger partial charge in [0, 0.05) is 17.8 Å². The average Bonchev–Trinajstić information content (AvgIpc) is 2.68. The van der Waals surface area contributed by atoms with Crippen molar-refractivity contribution in [2.45, 2.75) is 45.1 Å². The summed E-state index contributed by atoms with van der Waals surface area (Å²) in [5.41, 5.74) is 1.20. The Morgan fingerprint density at radius 2 is 2.13 bits per heavy atom. The monoisotopic (exact) mass is 224 g/mol. The molecule has 0 saturated heterocycles. The second-order valence-electron chi connectivity index (χ2n) is 4.66. The Hall–Kier alpha value is -0.410. The van der Waals surface area contributed by atoms with Crippen LogP contribution < -0.4 is 5.32 Å². The molecule has 2 nitrogen and oxygen atoms in total. The first-order valence-corrected chi connectivity index (χ1v) is 6.76. The van der Waals surface area contributed by atoms with Crippen molar-refractivity contribution in [1.29, 1.82) is 0 Å². The standard InChI is InChI=1S/C12H20N2S/c1-9-3-5-10(6-4-9)12-14-11(7-13-2)8-15-12/h8-10,13H,3-7H2,1-2H3. The third-order valence-corrected chi connectivity index (χ3v) is 4.35. The van der Waals surface area contributed by atoms with E-state index in [-0.39, 0.29) is 0 Å². The molecule has 1 aliphatic carbocycles. The SMILES string of the molecule is CNCc1csc(C2CCC(C)CC2)n1. The fraction of sp³-hybridized carbons (Fsp3) is 0.750. The van der Waals surface area contributed by atoms with Crippen LogP contribution in [0.15, 0.2) is 5.38 Å². The highest BCUT2D eigenvalue weighted by Gasteiger charge is 2.21. The molecule has 1 saturated carbocycles. The first-order valence-electron chi connectivity index (χ1n) is 5.88. The van der Waals surface area contributed by atoms with Gasteiger partial charge in [0.2, 0.25) is 0 Å². The molecule has 0 radical (unpaired) electrons. The van der Waals surface area contributed by atoms with Crippen molar-refractivity contribution < 1.29 is 0 Å². The van der Waals surface area contributed by atoms with Gasteiger partial charge in [-0.2, -0.15) is 0 Å². The Kier molecular flexibility index (Phi) is 3.76. The third-order valence-electron chi connectivity index (χ3n) is 3.29. The van der Waals surface area contributed by atoms with Crippen LogP contribution in [0.5, 0.6) is 0 Å². The predicted molar refractivity (Wildman–Crippen MR) is 65.3 cm³/mol. The Morgan fingerprint density at radius 3 is 2.80 bits per heavy atom. The molecule has 0 unspecified atom stereocenters. The number of hydrogen-bond donors (Lipinski definition) is 1. The molecule has 15 heavy (non-hydrogen) atoms. The van der Waals surface area contributed by atoms with Crippen molar-refractivity contribution >= 4 is 11.3 Å². The summed E-state index contributed by atoms with van der Waals surface area (Å²) in [5, 5.41) is 6.72. The second-order valence-corrected chi connectivity index (χ2v) is 5.55. The highest BCUT2D eigenvalue weighted by molar-refractivity contribution is 7.09. The molecular formula is C12H20N2S. The maximum atomic E-state index is 4.70. The van der Waals surface area contributed by atoms with Gasteiger partial charge in [0.25, 0.3) is 0 Å². The maximum absolute atomic E-state index is 4.70. The molecule has 1 heterocycles. The zero-order chi connectivity index (χ0) is 10.7. The van der Waals surface area contributed by atoms with E-state index in [1.807, 2.05) is 18.4 Å². The van der Waals surface area contributed by atoms with E-state index in [1.54, 1.807) is 0 Å². The number of hydrogen-bond acceptors (Lipinski definition) is 3. The lowest BCUT2D eigenvalue weighted by molar-refractivity contribution is 0.347. The molecule has 1 fully saturated rings. The number of nitrogens with zero attached hydrogens (tertiary/aromatic N) is 1. The van der Waals surface area contributed by atoms with Crippen LogP contribution in [0.3, 0.4) is 0 Å². The normalized spacial score (nSPS) is 26.8. The minimum atomic E-state index is 0.747. The van der Waals surface area contributed by atoms with E-state index in [0.29, 0.717) is 0 Å². The van der Waals surface area contributed by atoms with Crippen molar-refractivity contribution in [2.24, 2.45) is 5.92 Å². The van der Waals surface area contributed by atoms with E-state index in [2.05, 4.69) is 17.6 Å². The number of aromatic nitrogens is 1. The van der Waals surface area contributed by atoms with Crippen molar-refractivity contribution in [3.05, 3.63) is 16.1 Å². The zero-order valence-corrected chi connectivity index (χ0v) is 10.4. The van der Waals surface area contributed by atoms with Crippen LogP contribution in [0.1, 0.15) is 49.2 Å². The lowest BCUT2D eigenvalue weighted by Crippen LogP contribution is -2.11. The van der Waals surface area contributed by atoms with E-state index in [1.165, 1.54) is 36.4 Å². The van der Waals surface area contributed by atoms with Crippen molar-refractivity contribution in [1.82, 2.24) is 10.3 Å². The van der Waals surface area contributed by atoms with Crippen LogP contribution in [0.25, 0.3) is 0 Å². The highest BCUT2D eigenvalue weighted by atomic mass is 32.1. The van der Waals surface area contributed by atoms with E-state index >= 15 is 0 Å². The summed E-state index contributed by atoms with van der Waals surface area (Å²) in [4.78, 5) is 4.70. The van der Waals surface area contributed by atoms with Gasteiger partial charge in [-0.25, -0.2) is 4.98 Å².